The minimum Gasteiger partial charge on any atom is -0.479 e. The third-order valence-electron chi connectivity index (χ3n) is 2.72. The quantitative estimate of drug-likeness (QED) is 0.638. The minimum absolute atomic E-state index is 0.256. The van der Waals surface area contributed by atoms with Gasteiger partial charge >= 0.3 is 5.97 Å². The van der Waals surface area contributed by atoms with Gasteiger partial charge in [0, 0.05) is 5.92 Å². The summed E-state index contributed by atoms with van der Waals surface area (Å²) < 4.78 is 0. The molecule has 0 spiro atoms. The molecule has 0 aromatic carbocycles. The fraction of sp³-hybridized carbons (Fsp3) is 0.700. The van der Waals surface area contributed by atoms with Gasteiger partial charge < -0.3 is 10.2 Å². The van der Waals surface area contributed by atoms with E-state index in [0.29, 0.717) is 5.92 Å². The third-order valence-corrected chi connectivity index (χ3v) is 2.72. The molecule has 0 heterocycles. The highest BCUT2D eigenvalue weighted by Crippen LogP contribution is 2.31. The Kier molecular flexibility index (Phi) is 2.76. The number of carboxylic acid groups (broad SMARTS) is 1. The maximum atomic E-state index is 10.7. The summed E-state index contributed by atoms with van der Waals surface area (Å²) in [5.74, 6) is -0.939. The highest BCUT2D eigenvalue weighted by molar-refractivity contribution is 5.77. The van der Waals surface area contributed by atoms with Crippen LogP contribution in [-0.4, -0.2) is 21.8 Å². The zero-order valence-electron chi connectivity index (χ0n) is 8.03. The lowest BCUT2D eigenvalue weighted by atomic mass is 9.78. The van der Waals surface area contributed by atoms with Crippen LogP contribution in [0.4, 0.5) is 0 Å². The second kappa shape index (κ2) is 3.50. The maximum Gasteiger partial charge on any atom is 0.336 e. The molecular formula is C10H16O3. The van der Waals surface area contributed by atoms with E-state index in [0.717, 1.165) is 12.8 Å². The normalized spacial score (nSPS) is 32.5. The van der Waals surface area contributed by atoms with E-state index in [-0.39, 0.29) is 5.92 Å². The van der Waals surface area contributed by atoms with Crippen LogP contribution in [0.15, 0.2) is 12.2 Å². The van der Waals surface area contributed by atoms with Crippen molar-refractivity contribution in [3.8, 4) is 0 Å². The molecule has 0 saturated heterocycles. The molecule has 0 radical (unpaired) electrons. The van der Waals surface area contributed by atoms with Gasteiger partial charge in [0.05, 0.1) is 0 Å². The Morgan fingerprint density at radius 2 is 2.23 bits per heavy atom. The molecule has 0 unspecified atom stereocenters. The predicted octanol–water partition coefficient (Wildman–Crippen LogP) is 1.42. The van der Waals surface area contributed by atoms with E-state index in [4.69, 9.17) is 5.11 Å². The van der Waals surface area contributed by atoms with Crippen LogP contribution < -0.4 is 0 Å². The molecule has 0 saturated carbocycles. The van der Waals surface area contributed by atoms with Crippen molar-refractivity contribution < 1.29 is 15.0 Å². The Morgan fingerprint density at radius 3 is 2.69 bits per heavy atom. The number of allylic oxidation sites excluding steroid dienone is 1. The summed E-state index contributed by atoms with van der Waals surface area (Å²) in [5.41, 5.74) is -1.62. The van der Waals surface area contributed by atoms with Gasteiger partial charge in [0.15, 0.2) is 5.60 Å². The lowest BCUT2D eigenvalue weighted by Crippen LogP contribution is -2.43. The van der Waals surface area contributed by atoms with Crippen LogP contribution in [0, 0.1) is 11.8 Å². The Labute approximate surface area is 78.1 Å². The maximum absolute atomic E-state index is 10.7. The van der Waals surface area contributed by atoms with E-state index < -0.39 is 11.6 Å². The van der Waals surface area contributed by atoms with Gasteiger partial charge in [0.25, 0.3) is 0 Å². The highest BCUT2D eigenvalue weighted by Gasteiger charge is 2.39. The lowest BCUT2D eigenvalue weighted by molar-refractivity contribution is -0.161. The molecule has 1 rings (SSSR count). The SMILES string of the molecule is C[C@@H]1CC=C[C@@H]([C@](C)(O)C(=O)O)C1. The van der Waals surface area contributed by atoms with Crippen molar-refractivity contribution in [2.24, 2.45) is 11.8 Å². The number of carboxylic acids is 1. The monoisotopic (exact) mass is 184 g/mol. The number of carbonyl (C=O) groups is 1. The van der Waals surface area contributed by atoms with Crippen LogP contribution in [0.5, 0.6) is 0 Å². The number of hydrogen-bond donors (Lipinski definition) is 2. The van der Waals surface area contributed by atoms with Crippen molar-refractivity contribution >= 4 is 5.97 Å². The van der Waals surface area contributed by atoms with Crippen LogP contribution in [0.1, 0.15) is 26.7 Å². The van der Waals surface area contributed by atoms with Crippen LogP contribution in [0.3, 0.4) is 0 Å². The van der Waals surface area contributed by atoms with Crippen molar-refractivity contribution in [3.05, 3.63) is 12.2 Å². The smallest absolute Gasteiger partial charge is 0.336 e. The Bertz CT molecular complexity index is 230. The molecule has 0 fully saturated rings. The van der Waals surface area contributed by atoms with Gasteiger partial charge in [-0.3, -0.25) is 0 Å². The molecule has 74 valence electrons. The van der Waals surface area contributed by atoms with Crippen molar-refractivity contribution in [1.82, 2.24) is 0 Å². The van der Waals surface area contributed by atoms with Crippen LogP contribution in [-0.2, 0) is 4.79 Å². The molecule has 2 N–H and O–H groups in total. The van der Waals surface area contributed by atoms with Gasteiger partial charge in [-0.25, -0.2) is 4.79 Å². The van der Waals surface area contributed by atoms with Crippen LogP contribution in [0.2, 0.25) is 0 Å². The summed E-state index contributed by atoms with van der Waals surface area (Å²) in [4.78, 5) is 10.7. The highest BCUT2D eigenvalue weighted by atomic mass is 16.4. The Morgan fingerprint density at radius 1 is 1.62 bits per heavy atom. The summed E-state index contributed by atoms with van der Waals surface area (Å²) >= 11 is 0. The zero-order valence-corrected chi connectivity index (χ0v) is 8.03. The molecule has 0 aromatic heterocycles. The van der Waals surface area contributed by atoms with Crippen molar-refractivity contribution in [2.45, 2.75) is 32.3 Å². The average Bonchev–Trinajstić information content (AvgIpc) is 2.04. The predicted molar refractivity (Wildman–Crippen MR) is 49.3 cm³/mol. The summed E-state index contributed by atoms with van der Waals surface area (Å²) in [7, 11) is 0. The average molecular weight is 184 g/mol. The summed E-state index contributed by atoms with van der Waals surface area (Å²) in [6.45, 7) is 3.43. The summed E-state index contributed by atoms with van der Waals surface area (Å²) in [6.07, 6.45) is 5.49. The summed E-state index contributed by atoms with van der Waals surface area (Å²) in [6, 6.07) is 0. The first kappa shape index (κ1) is 10.3. The molecule has 3 atom stereocenters. The number of rotatable bonds is 2. The number of aliphatic hydroxyl groups is 1. The first-order chi connectivity index (χ1) is 5.94. The minimum atomic E-state index is -1.62. The largest absolute Gasteiger partial charge is 0.479 e. The first-order valence-electron chi connectivity index (χ1n) is 4.57. The molecule has 1 aliphatic carbocycles. The molecule has 0 aromatic rings. The van der Waals surface area contributed by atoms with E-state index in [1.807, 2.05) is 12.2 Å². The Hall–Kier alpha value is -0.830. The molecule has 1 aliphatic rings. The third kappa shape index (κ3) is 2.10. The van der Waals surface area contributed by atoms with E-state index in [9.17, 15) is 9.90 Å². The van der Waals surface area contributed by atoms with E-state index >= 15 is 0 Å². The fourth-order valence-electron chi connectivity index (χ4n) is 1.66. The summed E-state index contributed by atoms with van der Waals surface area (Å²) in [5, 5.41) is 18.5. The number of aliphatic carboxylic acids is 1. The molecule has 13 heavy (non-hydrogen) atoms. The van der Waals surface area contributed by atoms with Gasteiger partial charge in [0.2, 0.25) is 0 Å². The first-order valence-corrected chi connectivity index (χ1v) is 4.57. The van der Waals surface area contributed by atoms with E-state index in [1.54, 1.807) is 0 Å². The van der Waals surface area contributed by atoms with Gasteiger partial charge in [-0.15, -0.1) is 0 Å². The van der Waals surface area contributed by atoms with Crippen LogP contribution >= 0.6 is 0 Å². The second-order valence-corrected chi connectivity index (χ2v) is 4.06. The second-order valence-electron chi connectivity index (χ2n) is 4.06. The lowest BCUT2D eigenvalue weighted by Gasteiger charge is -2.31. The topological polar surface area (TPSA) is 57.5 Å². The van der Waals surface area contributed by atoms with Crippen molar-refractivity contribution in [1.29, 1.82) is 0 Å². The Balaban J connectivity index is 2.76. The number of hydrogen-bond acceptors (Lipinski definition) is 2. The molecule has 3 heteroatoms. The van der Waals surface area contributed by atoms with Gasteiger partial charge in [0.1, 0.15) is 0 Å². The van der Waals surface area contributed by atoms with Crippen LogP contribution in [0.25, 0.3) is 0 Å². The molecular weight excluding hydrogens is 168 g/mol. The standard InChI is InChI=1S/C10H16O3/c1-7-4-3-5-8(6-7)10(2,13)9(11)12/h3,5,7-8,13H,4,6H2,1-2H3,(H,11,12)/t7-,8-,10+/m1/s1. The molecule has 0 aliphatic heterocycles. The van der Waals surface area contributed by atoms with E-state index in [1.165, 1.54) is 6.92 Å². The molecule has 0 bridgehead atoms. The molecule has 3 nitrogen and oxygen atoms in total. The molecule has 0 amide bonds. The van der Waals surface area contributed by atoms with E-state index in [2.05, 4.69) is 6.92 Å². The zero-order chi connectivity index (χ0) is 10.1. The van der Waals surface area contributed by atoms with Gasteiger partial charge in [-0.1, -0.05) is 19.1 Å². The van der Waals surface area contributed by atoms with Gasteiger partial charge in [-0.05, 0) is 25.7 Å². The van der Waals surface area contributed by atoms with Crippen molar-refractivity contribution in [3.63, 3.8) is 0 Å². The fourth-order valence-corrected chi connectivity index (χ4v) is 1.66. The van der Waals surface area contributed by atoms with Crippen molar-refractivity contribution in [2.75, 3.05) is 0 Å². The van der Waals surface area contributed by atoms with Gasteiger partial charge in [-0.2, -0.15) is 0 Å².